The van der Waals surface area contributed by atoms with Crippen molar-refractivity contribution in [3.8, 4) is 0 Å². The van der Waals surface area contributed by atoms with Crippen molar-refractivity contribution in [3.05, 3.63) is 11.2 Å². The third-order valence-corrected chi connectivity index (χ3v) is 6.42. The predicted octanol–water partition coefficient (Wildman–Crippen LogP) is 2.23. The molecule has 0 aliphatic heterocycles. The number of sulfonamides is 1. The van der Waals surface area contributed by atoms with Gasteiger partial charge in [0, 0.05) is 18.5 Å². The first-order chi connectivity index (χ1) is 8.05. The van der Waals surface area contributed by atoms with Crippen LogP contribution in [-0.2, 0) is 10.0 Å². The number of aromatic nitrogens is 1. The molecule has 1 saturated carbocycles. The van der Waals surface area contributed by atoms with E-state index in [-0.39, 0.29) is 6.04 Å². The van der Waals surface area contributed by atoms with Crippen LogP contribution in [0.1, 0.15) is 24.3 Å². The van der Waals surface area contributed by atoms with E-state index < -0.39 is 10.0 Å². The fraction of sp³-hybridized carbons (Fsp3) is 0.700. The summed E-state index contributed by atoms with van der Waals surface area (Å²) in [5.41, 5.74) is 0. The van der Waals surface area contributed by atoms with E-state index in [2.05, 4.69) is 4.98 Å². The first-order valence-corrected chi connectivity index (χ1v) is 8.35. The first-order valence-electron chi connectivity index (χ1n) is 5.56. The molecule has 1 aliphatic rings. The molecule has 1 heterocycles. The van der Waals surface area contributed by atoms with Crippen molar-refractivity contribution >= 4 is 33.0 Å². The number of thiazole rings is 1. The Morgan fingerprint density at radius 1 is 1.59 bits per heavy atom. The van der Waals surface area contributed by atoms with Crippen LogP contribution in [0.2, 0.25) is 0 Å². The van der Waals surface area contributed by atoms with E-state index in [0.717, 1.165) is 24.3 Å². The molecule has 0 unspecified atom stereocenters. The molecule has 1 aliphatic carbocycles. The molecule has 7 heteroatoms. The second kappa shape index (κ2) is 5.22. The topological polar surface area (TPSA) is 50.3 Å². The van der Waals surface area contributed by atoms with Crippen molar-refractivity contribution in [1.29, 1.82) is 0 Å². The summed E-state index contributed by atoms with van der Waals surface area (Å²) in [5, 5.41) is 0.767. The highest BCUT2D eigenvalue weighted by molar-refractivity contribution is 7.91. The van der Waals surface area contributed by atoms with Gasteiger partial charge < -0.3 is 0 Å². The Hall–Kier alpha value is -0.170. The standard InChI is InChI=1S/C10H15ClN2O2S2/c1-8-12-7-10(16-8)17(14,15)13(6-5-11)9-3-2-4-9/h7,9H,2-6H2,1H3. The van der Waals surface area contributed by atoms with Gasteiger partial charge >= 0.3 is 0 Å². The van der Waals surface area contributed by atoms with Gasteiger partial charge in [-0.25, -0.2) is 13.4 Å². The number of rotatable bonds is 5. The lowest BCUT2D eigenvalue weighted by Gasteiger charge is -2.35. The molecule has 0 radical (unpaired) electrons. The van der Waals surface area contributed by atoms with Crippen LogP contribution in [0.4, 0.5) is 0 Å². The van der Waals surface area contributed by atoms with Crippen molar-refractivity contribution in [2.24, 2.45) is 0 Å². The minimum absolute atomic E-state index is 0.126. The molecule has 4 nitrogen and oxygen atoms in total. The van der Waals surface area contributed by atoms with Crippen LogP contribution in [0.25, 0.3) is 0 Å². The molecular formula is C10H15ClN2O2S2. The van der Waals surface area contributed by atoms with Crippen molar-refractivity contribution in [2.45, 2.75) is 36.4 Å². The summed E-state index contributed by atoms with van der Waals surface area (Å²) in [6, 6.07) is 0.126. The summed E-state index contributed by atoms with van der Waals surface area (Å²) in [4.78, 5) is 4.01. The van der Waals surface area contributed by atoms with E-state index in [9.17, 15) is 8.42 Å². The Morgan fingerprint density at radius 2 is 2.29 bits per heavy atom. The number of hydrogen-bond donors (Lipinski definition) is 0. The molecule has 0 N–H and O–H groups in total. The monoisotopic (exact) mass is 294 g/mol. The molecule has 1 aromatic heterocycles. The second-order valence-electron chi connectivity index (χ2n) is 4.09. The molecule has 1 aromatic rings. The highest BCUT2D eigenvalue weighted by Gasteiger charge is 2.35. The molecule has 0 atom stereocenters. The summed E-state index contributed by atoms with van der Waals surface area (Å²) in [5.74, 6) is 0.327. The molecular weight excluding hydrogens is 280 g/mol. The van der Waals surface area contributed by atoms with Gasteiger partial charge in [-0.3, -0.25) is 0 Å². The fourth-order valence-electron chi connectivity index (χ4n) is 1.83. The Bertz CT molecular complexity index is 482. The molecule has 17 heavy (non-hydrogen) atoms. The van der Waals surface area contributed by atoms with Crippen LogP contribution in [0.5, 0.6) is 0 Å². The molecule has 0 bridgehead atoms. The maximum absolute atomic E-state index is 12.4. The number of halogens is 1. The number of alkyl halides is 1. The quantitative estimate of drug-likeness (QED) is 0.783. The number of aryl methyl sites for hydroxylation is 1. The fourth-order valence-corrected chi connectivity index (χ4v) is 5.04. The molecule has 0 aromatic carbocycles. The lowest BCUT2D eigenvalue weighted by atomic mass is 9.93. The largest absolute Gasteiger partial charge is 0.254 e. The van der Waals surface area contributed by atoms with E-state index in [1.807, 2.05) is 0 Å². The van der Waals surface area contributed by atoms with Crippen LogP contribution >= 0.6 is 22.9 Å². The minimum atomic E-state index is -3.40. The van der Waals surface area contributed by atoms with Gasteiger partial charge in [0.1, 0.15) is 0 Å². The zero-order valence-electron chi connectivity index (χ0n) is 9.60. The molecule has 2 rings (SSSR count). The average Bonchev–Trinajstić information content (AvgIpc) is 2.62. The van der Waals surface area contributed by atoms with Crippen molar-refractivity contribution in [3.63, 3.8) is 0 Å². The van der Waals surface area contributed by atoms with E-state index >= 15 is 0 Å². The molecule has 0 amide bonds. The van der Waals surface area contributed by atoms with Crippen LogP contribution in [0.15, 0.2) is 10.4 Å². The Kier molecular flexibility index (Phi) is 4.07. The van der Waals surface area contributed by atoms with Gasteiger partial charge in [-0.1, -0.05) is 6.42 Å². The van der Waals surface area contributed by atoms with Crippen molar-refractivity contribution in [2.75, 3.05) is 12.4 Å². The number of nitrogens with zero attached hydrogens (tertiary/aromatic N) is 2. The van der Waals surface area contributed by atoms with E-state index in [1.54, 1.807) is 6.92 Å². The third-order valence-electron chi connectivity index (χ3n) is 2.95. The average molecular weight is 295 g/mol. The lowest BCUT2D eigenvalue weighted by molar-refractivity contribution is 0.228. The van der Waals surface area contributed by atoms with Gasteiger partial charge in [-0.2, -0.15) is 4.31 Å². The van der Waals surface area contributed by atoms with Crippen molar-refractivity contribution in [1.82, 2.24) is 9.29 Å². The first kappa shape index (κ1) is 13.3. The number of hydrogen-bond acceptors (Lipinski definition) is 4. The Labute approximate surface area is 111 Å². The summed E-state index contributed by atoms with van der Waals surface area (Å²) < 4.78 is 26.7. The second-order valence-corrected chi connectivity index (χ2v) is 7.82. The smallest absolute Gasteiger partial charge is 0.249 e. The predicted molar refractivity (Wildman–Crippen MR) is 69.1 cm³/mol. The maximum atomic E-state index is 12.4. The molecule has 1 fully saturated rings. The van der Waals surface area contributed by atoms with Gasteiger partial charge in [0.25, 0.3) is 10.0 Å². The molecule has 0 saturated heterocycles. The molecule has 0 spiro atoms. The SMILES string of the molecule is Cc1ncc(S(=O)(=O)N(CCCl)C2CCC2)s1. The maximum Gasteiger partial charge on any atom is 0.254 e. The third kappa shape index (κ3) is 2.65. The van der Waals surface area contributed by atoms with E-state index in [4.69, 9.17) is 11.6 Å². The minimum Gasteiger partial charge on any atom is -0.249 e. The van der Waals surface area contributed by atoms with Gasteiger partial charge in [0.15, 0.2) is 4.21 Å². The van der Waals surface area contributed by atoms with Crippen molar-refractivity contribution < 1.29 is 8.42 Å². The van der Waals surface area contributed by atoms with Crippen LogP contribution in [-0.4, -0.2) is 36.2 Å². The zero-order valence-corrected chi connectivity index (χ0v) is 12.0. The van der Waals surface area contributed by atoms with Crippen LogP contribution < -0.4 is 0 Å². The van der Waals surface area contributed by atoms with E-state index in [0.29, 0.717) is 16.6 Å². The van der Waals surface area contributed by atoms with Gasteiger partial charge in [-0.15, -0.1) is 22.9 Å². The van der Waals surface area contributed by atoms with Gasteiger partial charge in [-0.05, 0) is 19.8 Å². The Balaban J connectivity index is 2.27. The Morgan fingerprint density at radius 3 is 2.71 bits per heavy atom. The van der Waals surface area contributed by atoms with Gasteiger partial charge in [0.2, 0.25) is 0 Å². The van der Waals surface area contributed by atoms with Gasteiger partial charge in [0.05, 0.1) is 11.2 Å². The summed E-state index contributed by atoms with van der Waals surface area (Å²) in [7, 11) is -3.40. The van der Waals surface area contributed by atoms with E-state index in [1.165, 1.54) is 21.8 Å². The highest BCUT2D eigenvalue weighted by Crippen LogP contribution is 2.31. The summed E-state index contributed by atoms with van der Waals surface area (Å²) in [6.07, 6.45) is 4.41. The normalized spacial score (nSPS) is 17.4. The summed E-state index contributed by atoms with van der Waals surface area (Å²) in [6.45, 7) is 2.18. The van der Waals surface area contributed by atoms with Crippen LogP contribution in [0, 0.1) is 6.92 Å². The highest BCUT2D eigenvalue weighted by atomic mass is 35.5. The van der Waals surface area contributed by atoms with Crippen LogP contribution in [0.3, 0.4) is 0 Å². The zero-order chi connectivity index (χ0) is 12.5. The summed E-state index contributed by atoms with van der Waals surface area (Å²) >= 11 is 6.92. The lowest BCUT2D eigenvalue weighted by Crippen LogP contribution is -2.44. The molecule has 96 valence electrons.